The maximum Gasteiger partial charge on any atom is 0.151 e. The molecule has 6 heteroatoms. The molecule has 2 aliphatic rings. The van der Waals surface area contributed by atoms with E-state index in [1.165, 1.54) is 37.2 Å². The molecule has 23 heavy (non-hydrogen) atoms. The van der Waals surface area contributed by atoms with Crippen LogP contribution in [0.2, 0.25) is 0 Å². The molecule has 0 saturated carbocycles. The van der Waals surface area contributed by atoms with E-state index in [4.69, 9.17) is 0 Å². The third-order valence-corrected chi connectivity index (χ3v) is 5.01. The Morgan fingerprint density at radius 1 is 1.04 bits per heavy atom. The van der Waals surface area contributed by atoms with Crippen molar-refractivity contribution in [3.63, 3.8) is 0 Å². The van der Waals surface area contributed by atoms with Crippen LogP contribution >= 0.6 is 0 Å². The Labute approximate surface area is 136 Å². The first-order chi connectivity index (χ1) is 11.4. The SMILES string of the molecule is c1cc(N2CCCC2)ccc1CNC1CCc2nnnn2CC1. The molecule has 2 aromatic rings. The van der Waals surface area contributed by atoms with Crippen LogP contribution in [0.5, 0.6) is 0 Å². The van der Waals surface area contributed by atoms with E-state index in [1.807, 2.05) is 4.68 Å². The van der Waals surface area contributed by atoms with Crippen LogP contribution in [0.25, 0.3) is 0 Å². The second-order valence-electron chi connectivity index (χ2n) is 6.58. The van der Waals surface area contributed by atoms with Crippen molar-refractivity contribution in [3.05, 3.63) is 35.7 Å². The Bertz CT molecular complexity index is 606. The van der Waals surface area contributed by atoms with Crippen molar-refractivity contribution in [3.8, 4) is 0 Å². The van der Waals surface area contributed by atoms with Gasteiger partial charge in [-0.3, -0.25) is 0 Å². The first-order valence-corrected chi connectivity index (χ1v) is 8.71. The van der Waals surface area contributed by atoms with Gasteiger partial charge in [-0.2, -0.15) is 0 Å². The van der Waals surface area contributed by atoms with Gasteiger partial charge in [-0.15, -0.1) is 5.10 Å². The molecule has 0 radical (unpaired) electrons. The molecule has 3 heterocycles. The largest absolute Gasteiger partial charge is 0.372 e. The number of aryl methyl sites for hydroxylation is 2. The maximum atomic E-state index is 4.09. The Balaban J connectivity index is 1.30. The van der Waals surface area contributed by atoms with E-state index < -0.39 is 0 Å². The topological polar surface area (TPSA) is 58.9 Å². The molecule has 1 unspecified atom stereocenters. The molecular weight excluding hydrogens is 288 g/mol. The highest BCUT2D eigenvalue weighted by molar-refractivity contribution is 5.48. The fourth-order valence-corrected chi connectivity index (χ4v) is 3.57. The summed E-state index contributed by atoms with van der Waals surface area (Å²) in [6.45, 7) is 4.25. The zero-order valence-corrected chi connectivity index (χ0v) is 13.5. The summed E-state index contributed by atoms with van der Waals surface area (Å²) < 4.78 is 1.94. The quantitative estimate of drug-likeness (QED) is 0.932. The van der Waals surface area contributed by atoms with Crippen molar-refractivity contribution in [2.75, 3.05) is 18.0 Å². The molecule has 2 aliphatic heterocycles. The molecule has 1 N–H and O–H groups in total. The van der Waals surface area contributed by atoms with Gasteiger partial charge in [0.15, 0.2) is 5.82 Å². The van der Waals surface area contributed by atoms with Crippen molar-refractivity contribution in [2.45, 2.75) is 51.2 Å². The number of anilines is 1. The molecule has 0 amide bonds. The number of aromatic nitrogens is 4. The normalized spacial score (nSPS) is 21.2. The standard InChI is InChI=1S/C17H24N6/c1-2-11-22(10-1)16-6-3-14(4-7-16)13-18-15-5-8-17-19-20-21-23(17)12-9-15/h3-4,6-7,15,18H,1-2,5,8-13H2. The van der Waals surface area contributed by atoms with Crippen LogP contribution in [-0.2, 0) is 19.5 Å². The average Bonchev–Trinajstić information content (AvgIpc) is 3.24. The number of hydrogen-bond acceptors (Lipinski definition) is 5. The van der Waals surface area contributed by atoms with Crippen LogP contribution < -0.4 is 10.2 Å². The summed E-state index contributed by atoms with van der Waals surface area (Å²) in [6.07, 6.45) is 5.80. The molecule has 122 valence electrons. The number of tetrazole rings is 1. The highest BCUT2D eigenvalue weighted by Gasteiger charge is 2.17. The zero-order valence-electron chi connectivity index (χ0n) is 13.5. The third kappa shape index (κ3) is 3.37. The third-order valence-electron chi connectivity index (χ3n) is 5.01. The van der Waals surface area contributed by atoms with E-state index in [-0.39, 0.29) is 0 Å². The fraction of sp³-hybridized carbons (Fsp3) is 0.588. The molecule has 0 spiro atoms. The molecule has 1 atom stereocenters. The average molecular weight is 312 g/mol. The Hall–Kier alpha value is -1.95. The minimum absolute atomic E-state index is 0.525. The smallest absolute Gasteiger partial charge is 0.151 e. The lowest BCUT2D eigenvalue weighted by Crippen LogP contribution is -2.29. The monoisotopic (exact) mass is 312 g/mol. The number of nitrogens with zero attached hydrogens (tertiary/aromatic N) is 5. The number of benzene rings is 1. The van der Waals surface area contributed by atoms with Gasteiger partial charge in [-0.1, -0.05) is 12.1 Å². The second kappa shape index (κ2) is 6.66. The summed E-state index contributed by atoms with van der Waals surface area (Å²) in [5.41, 5.74) is 2.72. The van der Waals surface area contributed by atoms with Gasteiger partial charge in [-0.25, -0.2) is 4.68 Å². The van der Waals surface area contributed by atoms with E-state index in [1.54, 1.807) is 0 Å². The lowest BCUT2D eigenvalue weighted by Gasteiger charge is -2.19. The van der Waals surface area contributed by atoms with Crippen LogP contribution in [-0.4, -0.2) is 39.3 Å². The van der Waals surface area contributed by atoms with Crippen LogP contribution in [0.4, 0.5) is 5.69 Å². The van der Waals surface area contributed by atoms with Gasteiger partial charge in [0.25, 0.3) is 0 Å². The van der Waals surface area contributed by atoms with Gasteiger partial charge >= 0.3 is 0 Å². The van der Waals surface area contributed by atoms with E-state index >= 15 is 0 Å². The Morgan fingerprint density at radius 3 is 2.70 bits per heavy atom. The van der Waals surface area contributed by atoms with Crippen LogP contribution in [0.1, 0.15) is 37.1 Å². The number of fused-ring (bicyclic) bond motifs is 1. The van der Waals surface area contributed by atoms with Gasteiger partial charge < -0.3 is 10.2 Å². The van der Waals surface area contributed by atoms with Crippen LogP contribution in [0, 0.1) is 0 Å². The summed E-state index contributed by atoms with van der Waals surface area (Å²) in [7, 11) is 0. The van der Waals surface area contributed by atoms with Crippen molar-refractivity contribution >= 4 is 5.69 Å². The first kappa shape index (κ1) is 14.6. The molecule has 0 aliphatic carbocycles. The molecule has 1 aromatic heterocycles. The number of nitrogens with one attached hydrogen (secondary N) is 1. The lowest BCUT2D eigenvalue weighted by atomic mass is 10.1. The fourth-order valence-electron chi connectivity index (χ4n) is 3.57. The van der Waals surface area contributed by atoms with E-state index in [9.17, 15) is 0 Å². The van der Waals surface area contributed by atoms with Crippen LogP contribution in [0.3, 0.4) is 0 Å². The summed E-state index contributed by atoms with van der Waals surface area (Å²) in [5, 5.41) is 15.6. The minimum atomic E-state index is 0.525. The zero-order chi connectivity index (χ0) is 15.5. The molecule has 4 rings (SSSR count). The molecule has 6 nitrogen and oxygen atoms in total. The van der Waals surface area contributed by atoms with E-state index in [2.05, 4.69) is 50.0 Å². The predicted octanol–water partition coefficient (Wildman–Crippen LogP) is 1.77. The van der Waals surface area contributed by atoms with Gasteiger partial charge in [0.05, 0.1) is 0 Å². The Kier molecular flexibility index (Phi) is 4.24. The highest BCUT2D eigenvalue weighted by atomic mass is 15.5. The minimum Gasteiger partial charge on any atom is -0.372 e. The predicted molar refractivity (Wildman–Crippen MR) is 89.3 cm³/mol. The van der Waals surface area contributed by atoms with Crippen molar-refractivity contribution < 1.29 is 0 Å². The van der Waals surface area contributed by atoms with Crippen LogP contribution in [0.15, 0.2) is 24.3 Å². The van der Waals surface area contributed by atoms with Crippen molar-refractivity contribution in [2.24, 2.45) is 0 Å². The molecule has 1 fully saturated rings. The summed E-state index contributed by atoms with van der Waals surface area (Å²) >= 11 is 0. The second-order valence-corrected chi connectivity index (χ2v) is 6.58. The van der Waals surface area contributed by atoms with Crippen molar-refractivity contribution in [1.29, 1.82) is 0 Å². The highest BCUT2D eigenvalue weighted by Crippen LogP contribution is 2.20. The van der Waals surface area contributed by atoms with Gasteiger partial charge in [-0.05, 0) is 53.8 Å². The first-order valence-electron chi connectivity index (χ1n) is 8.71. The molecule has 1 aromatic carbocycles. The van der Waals surface area contributed by atoms with E-state index in [0.717, 1.165) is 38.2 Å². The van der Waals surface area contributed by atoms with Gasteiger partial charge in [0.1, 0.15) is 0 Å². The summed E-state index contributed by atoms with van der Waals surface area (Å²) in [5.74, 6) is 1.02. The maximum absolute atomic E-state index is 4.09. The number of hydrogen-bond donors (Lipinski definition) is 1. The summed E-state index contributed by atoms with van der Waals surface area (Å²) in [6, 6.07) is 9.57. The molecule has 0 bridgehead atoms. The van der Waals surface area contributed by atoms with Crippen molar-refractivity contribution in [1.82, 2.24) is 25.5 Å². The van der Waals surface area contributed by atoms with Gasteiger partial charge in [0, 0.05) is 44.3 Å². The molecular formula is C17H24N6. The summed E-state index contributed by atoms with van der Waals surface area (Å²) in [4.78, 5) is 2.48. The molecule has 1 saturated heterocycles. The number of rotatable bonds is 4. The van der Waals surface area contributed by atoms with Gasteiger partial charge in [0.2, 0.25) is 0 Å². The Morgan fingerprint density at radius 2 is 1.87 bits per heavy atom. The lowest BCUT2D eigenvalue weighted by molar-refractivity contribution is 0.435. The van der Waals surface area contributed by atoms with E-state index in [0.29, 0.717) is 6.04 Å².